The number of hydrogen-bond donors (Lipinski definition) is 1. The van der Waals surface area contributed by atoms with Crippen LogP contribution in [0.3, 0.4) is 0 Å². The highest BCUT2D eigenvalue weighted by atomic mass is 127. The van der Waals surface area contributed by atoms with E-state index in [-0.39, 0.29) is 4.90 Å². The molecular weight excluding hydrogens is 441 g/mol. The Labute approximate surface area is 134 Å². The maximum atomic E-state index is 12.2. The van der Waals surface area contributed by atoms with E-state index >= 15 is 0 Å². The molecule has 3 nitrogen and oxygen atoms in total. The normalized spacial score (nSPS) is 11.3. The van der Waals surface area contributed by atoms with Gasteiger partial charge in [0.25, 0.3) is 10.0 Å². The average molecular weight is 452 g/mol. The van der Waals surface area contributed by atoms with Crippen molar-refractivity contribution in [1.29, 1.82) is 0 Å². The zero-order valence-corrected chi connectivity index (χ0v) is 14.6. The molecule has 2 rings (SSSR count). The number of sulfonamides is 1. The molecule has 0 saturated carbocycles. The molecule has 0 unspecified atom stereocenters. The Kier molecular flexibility index (Phi) is 4.52. The molecule has 2 aromatic rings. The van der Waals surface area contributed by atoms with Gasteiger partial charge in [0.2, 0.25) is 0 Å². The molecule has 0 saturated heterocycles. The Morgan fingerprint density at radius 1 is 1.11 bits per heavy atom. The van der Waals surface area contributed by atoms with E-state index in [9.17, 15) is 8.42 Å². The number of aryl methyl sites for hydroxylation is 1. The molecule has 0 fully saturated rings. The first-order valence-corrected chi connectivity index (χ1v) is 8.78. The largest absolute Gasteiger partial charge is 0.279 e. The zero-order chi connectivity index (χ0) is 14.0. The number of hydrogen-bond acceptors (Lipinski definition) is 2. The molecule has 0 aromatic heterocycles. The fourth-order valence-corrected chi connectivity index (χ4v) is 3.36. The predicted octanol–water partition coefficient (Wildman–Crippen LogP) is 4.16. The van der Waals surface area contributed by atoms with Gasteiger partial charge in [0.1, 0.15) is 0 Å². The van der Waals surface area contributed by atoms with E-state index in [2.05, 4.69) is 43.2 Å². The van der Waals surface area contributed by atoms with Crippen molar-refractivity contribution in [2.24, 2.45) is 0 Å². The highest BCUT2D eigenvalue weighted by Gasteiger charge is 2.15. The van der Waals surface area contributed by atoms with Gasteiger partial charge in [-0.25, -0.2) is 8.42 Å². The van der Waals surface area contributed by atoms with E-state index in [1.54, 1.807) is 30.3 Å². The average Bonchev–Trinajstić information content (AvgIpc) is 2.34. The summed E-state index contributed by atoms with van der Waals surface area (Å²) in [6.07, 6.45) is 0. The lowest BCUT2D eigenvalue weighted by molar-refractivity contribution is 0.601. The Hall–Kier alpha value is -0.600. The van der Waals surface area contributed by atoms with Crippen molar-refractivity contribution in [2.45, 2.75) is 11.8 Å². The summed E-state index contributed by atoms with van der Waals surface area (Å²) in [6.45, 7) is 1.86. The summed E-state index contributed by atoms with van der Waals surface area (Å²) in [7, 11) is -3.54. The number of nitrogens with one attached hydrogen (secondary N) is 1. The second-order valence-corrected chi connectivity index (χ2v) is 7.86. The van der Waals surface area contributed by atoms with Crippen LogP contribution in [0.4, 0.5) is 5.69 Å². The van der Waals surface area contributed by atoms with Crippen LogP contribution in [0.15, 0.2) is 51.8 Å². The molecule has 6 heteroatoms. The highest BCUT2D eigenvalue weighted by Crippen LogP contribution is 2.24. The van der Waals surface area contributed by atoms with Crippen LogP contribution in [-0.2, 0) is 10.0 Å². The Balaban J connectivity index is 2.36. The molecule has 0 heterocycles. The van der Waals surface area contributed by atoms with Crippen molar-refractivity contribution in [3.63, 3.8) is 0 Å². The maximum absolute atomic E-state index is 12.2. The minimum absolute atomic E-state index is 0.257. The Morgan fingerprint density at radius 2 is 1.74 bits per heavy atom. The van der Waals surface area contributed by atoms with E-state index in [4.69, 9.17) is 0 Å². The Bertz CT molecular complexity index is 699. The molecule has 19 heavy (non-hydrogen) atoms. The lowest BCUT2D eigenvalue weighted by Crippen LogP contribution is -2.13. The minimum atomic E-state index is -3.54. The van der Waals surface area contributed by atoms with E-state index in [0.29, 0.717) is 5.69 Å². The van der Waals surface area contributed by atoms with Crippen LogP contribution in [0.5, 0.6) is 0 Å². The molecule has 0 spiro atoms. The molecular formula is C13H11BrINO2S. The van der Waals surface area contributed by atoms with Crippen LogP contribution in [0.25, 0.3) is 0 Å². The first kappa shape index (κ1) is 14.8. The molecule has 0 amide bonds. The number of rotatable bonds is 3. The van der Waals surface area contributed by atoms with E-state index in [0.717, 1.165) is 13.6 Å². The smallest absolute Gasteiger partial charge is 0.261 e. The van der Waals surface area contributed by atoms with Gasteiger partial charge >= 0.3 is 0 Å². The fraction of sp³-hybridized carbons (Fsp3) is 0.0769. The molecule has 1 N–H and O–H groups in total. The van der Waals surface area contributed by atoms with Gasteiger partial charge in [-0.2, -0.15) is 0 Å². The van der Waals surface area contributed by atoms with E-state index < -0.39 is 10.0 Å². The first-order valence-electron chi connectivity index (χ1n) is 5.43. The van der Waals surface area contributed by atoms with E-state index in [1.165, 1.54) is 0 Å². The van der Waals surface area contributed by atoms with Crippen molar-refractivity contribution in [3.8, 4) is 0 Å². The van der Waals surface area contributed by atoms with Crippen LogP contribution < -0.4 is 4.72 Å². The third-order valence-corrected chi connectivity index (χ3v) is 5.16. The van der Waals surface area contributed by atoms with Crippen LogP contribution in [0.2, 0.25) is 0 Å². The van der Waals surface area contributed by atoms with Crippen LogP contribution >= 0.6 is 38.5 Å². The van der Waals surface area contributed by atoms with Gasteiger partial charge in [0.05, 0.1) is 10.6 Å². The molecule has 0 radical (unpaired) electrons. The number of benzene rings is 2. The predicted molar refractivity (Wildman–Crippen MR) is 88.8 cm³/mol. The maximum Gasteiger partial charge on any atom is 0.261 e. The summed E-state index contributed by atoms with van der Waals surface area (Å²) in [4.78, 5) is 0.257. The van der Waals surface area contributed by atoms with Crippen LogP contribution in [0.1, 0.15) is 5.56 Å². The minimum Gasteiger partial charge on any atom is -0.279 e. The molecule has 2 aromatic carbocycles. The van der Waals surface area contributed by atoms with Gasteiger partial charge in [-0.05, 0) is 71.5 Å². The summed E-state index contributed by atoms with van der Waals surface area (Å²) < 4.78 is 28.9. The van der Waals surface area contributed by atoms with Gasteiger partial charge in [-0.3, -0.25) is 4.72 Å². The molecule has 0 atom stereocenters. The molecule has 0 bridgehead atoms. The highest BCUT2D eigenvalue weighted by molar-refractivity contribution is 14.1. The monoisotopic (exact) mass is 451 g/mol. The lowest BCUT2D eigenvalue weighted by atomic mass is 10.2. The summed E-state index contributed by atoms with van der Waals surface area (Å²) in [5, 5.41) is 0. The summed E-state index contributed by atoms with van der Waals surface area (Å²) in [5.41, 5.74) is 1.45. The van der Waals surface area contributed by atoms with Crippen molar-refractivity contribution < 1.29 is 8.42 Å². The van der Waals surface area contributed by atoms with Crippen LogP contribution in [0, 0.1) is 10.5 Å². The third kappa shape index (κ3) is 3.70. The van der Waals surface area contributed by atoms with Gasteiger partial charge in [0, 0.05) is 8.04 Å². The van der Waals surface area contributed by atoms with Gasteiger partial charge in [0.15, 0.2) is 0 Å². The third-order valence-electron chi connectivity index (χ3n) is 2.57. The molecule has 100 valence electrons. The van der Waals surface area contributed by atoms with Crippen molar-refractivity contribution >= 4 is 54.2 Å². The molecule has 0 aliphatic carbocycles. The number of anilines is 1. The lowest BCUT2D eigenvalue weighted by Gasteiger charge is -2.11. The first-order chi connectivity index (χ1) is 8.88. The van der Waals surface area contributed by atoms with Gasteiger partial charge in [-0.15, -0.1) is 0 Å². The second kappa shape index (κ2) is 5.80. The van der Waals surface area contributed by atoms with E-state index in [1.807, 2.05) is 19.1 Å². The second-order valence-electron chi connectivity index (χ2n) is 4.02. The topological polar surface area (TPSA) is 46.2 Å². The van der Waals surface area contributed by atoms with Crippen LogP contribution in [-0.4, -0.2) is 8.42 Å². The molecule has 0 aliphatic rings. The summed E-state index contributed by atoms with van der Waals surface area (Å²) >= 11 is 5.47. The fourth-order valence-electron chi connectivity index (χ4n) is 1.52. The van der Waals surface area contributed by atoms with Crippen molar-refractivity contribution in [1.82, 2.24) is 0 Å². The van der Waals surface area contributed by atoms with Gasteiger partial charge < -0.3 is 0 Å². The SMILES string of the molecule is Cc1ccc(Br)cc1NS(=O)(=O)c1ccc(I)cc1. The molecule has 0 aliphatic heterocycles. The summed E-state index contributed by atoms with van der Waals surface area (Å²) in [5.74, 6) is 0. The van der Waals surface area contributed by atoms with Gasteiger partial charge in [-0.1, -0.05) is 22.0 Å². The Morgan fingerprint density at radius 3 is 2.37 bits per heavy atom. The van der Waals surface area contributed by atoms with Crippen molar-refractivity contribution in [3.05, 3.63) is 56.1 Å². The van der Waals surface area contributed by atoms with Crippen molar-refractivity contribution in [2.75, 3.05) is 4.72 Å². The quantitative estimate of drug-likeness (QED) is 0.712. The standard InChI is InChI=1S/C13H11BrINO2S/c1-9-2-3-10(14)8-13(9)16-19(17,18)12-6-4-11(15)5-7-12/h2-8,16H,1H3. The summed E-state index contributed by atoms with van der Waals surface area (Å²) in [6, 6.07) is 12.2. The zero-order valence-electron chi connectivity index (χ0n) is 10.0. The number of halogens is 2.